The minimum Gasteiger partial charge on any atom is -0.493 e. The molecule has 6 nitrogen and oxygen atoms in total. The van der Waals surface area contributed by atoms with Crippen molar-refractivity contribution in [3.63, 3.8) is 0 Å². The van der Waals surface area contributed by atoms with Gasteiger partial charge < -0.3 is 9.64 Å². The lowest BCUT2D eigenvalue weighted by Gasteiger charge is -2.20. The molecule has 0 aromatic heterocycles. The molecule has 0 saturated heterocycles. The van der Waals surface area contributed by atoms with Crippen molar-refractivity contribution >= 4 is 34.4 Å². The van der Waals surface area contributed by atoms with E-state index in [0.717, 1.165) is 38.9 Å². The lowest BCUT2D eigenvalue weighted by atomic mass is 10.1. The van der Waals surface area contributed by atoms with Gasteiger partial charge in [-0.25, -0.2) is 5.48 Å². The number of hydrogen-bond acceptors (Lipinski definition) is 4. The number of amides is 2. The molecule has 0 unspecified atom stereocenters. The molecule has 1 aliphatic heterocycles. The van der Waals surface area contributed by atoms with Crippen LogP contribution in [0.5, 0.6) is 5.75 Å². The molecule has 5 rings (SSSR count). The molecular formula is C30H26N2O4. The van der Waals surface area contributed by atoms with Gasteiger partial charge in [0.25, 0.3) is 5.91 Å². The van der Waals surface area contributed by atoms with E-state index in [-0.39, 0.29) is 5.91 Å². The van der Waals surface area contributed by atoms with Gasteiger partial charge in [0.2, 0.25) is 5.91 Å². The Hall–Kier alpha value is -4.42. The van der Waals surface area contributed by atoms with Crippen LogP contribution < -0.4 is 15.1 Å². The largest absolute Gasteiger partial charge is 0.493 e. The normalized spacial score (nSPS) is 13.1. The molecule has 180 valence electrons. The van der Waals surface area contributed by atoms with Crippen molar-refractivity contribution in [3.05, 3.63) is 113 Å². The second-order valence-electron chi connectivity index (χ2n) is 8.73. The Bertz CT molecular complexity index is 1440. The predicted octanol–water partition coefficient (Wildman–Crippen LogP) is 5.40. The third-order valence-corrected chi connectivity index (χ3v) is 6.36. The topological polar surface area (TPSA) is 78.9 Å². The van der Waals surface area contributed by atoms with Crippen LogP contribution in [0, 0.1) is 0 Å². The molecular weight excluding hydrogens is 452 g/mol. The summed E-state index contributed by atoms with van der Waals surface area (Å²) in [5, 5.41) is 11.0. The van der Waals surface area contributed by atoms with Crippen molar-refractivity contribution in [2.24, 2.45) is 0 Å². The van der Waals surface area contributed by atoms with Crippen molar-refractivity contribution in [2.75, 3.05) is 18.1 Å². The van der Waals surface area contributed by atoms with Crippen molar-refractivity contribution in [3.8, 4) is 5.75 Å². The van der Waals surface area contributed by atoms with Gasteiger partial charge in [0.15, 0.2) is 0 Å². The van der Waals surface area contributed by atoms with Crippen LogP contribution in [0.4, 0.5) is 5.69 Å². The molecule has 0 aliphatic carbocycles. The Morgan fingerprint density at radius 3 is 2.53 bits per heavy atom. The van der Waals surface area contributed by atoms with Crippen LogP contribution in [0.15, 0.2) is 96.6 Å². The highest BCUT2D eigenvalue weighted by atomic mass is 16.5. The fourth-order valence-electron chi connectivity index (χ4n) is 4.53. The Morgan fingerprint density at radius 2 is 1.69 bits per heavy atom. The molecule has 0 saturated carbocycles. The fourth-order valence-corrected chi connectivity index (χ4v) is 4.53. The molecule has 0 fully saturated rings. The van der Waals surface area contributed by atoms with Crippen LogP contribution in [0.25, 0.3) is 16.8 Å². The SMILES string of the molecule is O=C(NO)c1ccc(/C=C(/CCOc2cccc3ccccc23)CN2C(=O)Cc3ccccc32)cc1. The quantitative estimate of drug-likeness (QED) is 0.263. The Labute approximate surface area is 209 Å². The minimum atomic E-state index is -0.562. The molecule has 0 radical (unpaired) electrons. The standard InChI is InChI=1S/C30H26N2O4/c33-29-19-25-7-2-4-10-27(25)32(29)20-22(18-21-12-14-24(15-13-21)30(34)31-35)16-17-36-28-11-5-8-23-6-1-3-9-26(23)28/h1-15,18,35H,16-17,19-20H2,(H,31,34)/b22-18-. The first-order chi connectivity index (χ1) is 17.6. The molecule has 4 aromatic rings. The zero-order chi connectivity index (χ0) is 24.9. The lowest BCUT2D eigenvalue weighted by molar-refractivity contribution is -0.117. The Morgan fingerprint density at radius 1 is 0.944 bits per heavy atom. The van der Waals surface area contributed by atoms with E-state index in [1.54, 1.807) is 17.6 Å². The number of hydroxylamine groups is 1. The summed E-state index contributed by atoms with van der Waals surface area (Å²) < 4.78 is 6.19. The maximum atomic E-state index is 12.8. The van der Waals surface area contributed by atoms with Crippen LogP contribution in [0.2, 0.25) is 0 Å². The number of anilines is 1. The van der Waals surface area contributed by atoms with E-state index in [1.807, 2.05) is 77.7 Å². The van der Waals surface area contributed by atoms with Gasteiger partial charge in [0, 0.05) is 29.6 Å². The molecule has 36 heavy (non-hydrogen) atoms. The predicted molar refractivity (Wildman–Crippen MR) is 140 cm³/mol. The van der Waals surface area contributed by atoms with Crippen molar-refractivity contribution < 1.29 is 19.5 Å². The Kier molecular flexibility index (Phi) is 6.78. The van der Waals surface area contributed by atoms with Crippen molar-refractivity contribution in [1.29, 1.82) is 0 Å². The van der Waals surface area contributed by atoms with E-state index in [2.05, 4.69) is 12.1 Å². The van der Waals surface area contributed by atoms with Gasteiger partial charge in [-0.15, -0.1) is 0 Å². The lowest BCUT2D eigenvalue weighted by Crippen LogP contribution is -2.29. The van der Waals surface area contributed by atoms with Crippen molar-refractivity contribution in [1.82, 2.24) is 5.48 Å². The van der Waals surface area contributed by atoms with Gasteiger partial charge in [-0.05, 0) is 46.4 Å². The maximum Gasteiger partial charge on any atom is 0.274 e. The van der Waals surface area contributed by atoms with E-state index in [1.165, 1.54) is 0 Å². The van der Waals surface area contributed by atoms with E-state index < -0.39 is 5.91 Å². The van der Waals surface area contributed by atoms with Crippen LogP contribution in [-0.2, 0) is 11.2 Å². The molecule has 0 bridgehead atoms. The number of fused-ring (bicyclic) bond motifs is 2. The summed E-state index contributed by atoms with van der Waals surface area (Å²) in [5.74, 6) is 0.343. The van der Waals surface area contributed by atoms with Crippen molar-refractivity contribution in [2.45, 2.75) is 12.8 Å². The number of nitrogens with one attached hydrogen (secondary N) is 1. The molecule has 1 aliphatic rings. The molecule has 4 aromatic carbocycles. The summed E-state index contributed by atoms with van der Waals surface area (Å²) in [7, 11) is 0. The molecule has 2 amide bonds. The van der Waals surface area contributed by atoms with Crippen LogP contribution in [0.1, 0.15) is 27.9 Å². The average molecular weight is 479 g/mol. The third kappa shape index (κ3) is 4.99. The first-order valence-corrected chi connectivity index (χ1v) is 11.8. The second-order valence-corrected chi connectivity index (χ2v) is 8.73. The number of nitrogens with zero attached hydrogens (tertiary/aromatic N) is 1. The van der Waals surface area contributed by atoms with Gasteiger partial charge in [-0.3, -0.25) is 14.8 Å². The van der Waals surface area contributed by atoms with Gasteiger partial charge in [-0.1, -0.05) is 72.8 Å². The molecule has 0 atom stereocenters. The van der Waals surface area contributed by atoms with Crippen LogP contribution >= 0.6 is 0 Å². The number of carbonyl (C=O) groups is 2. The van der Waals surface area contributed by atoms with E-state index in [9.17, 15) is 9.59 Å². The highest BCUT2D eigenvalue weighted by Crippen LogP contribution is 2.30. The number of carbonyl (C=O) groups excluding carboxylic acids is 2. The monoisotopic (exact) mass is 478 g/mol. The second kappa shape index (κ2) is 10.5. The third-order valence-electron chi connectivity index (χ3n) is 6.36. The summed E-state index contributed by atoms with van der Waals surface area (Å²) in [6.07, 6.45) is 3.05. The summed E-state index contributed by atoms with van der Waals surface area (Å²) >= 11 is 0. The molecule has 0 spiro atoms. The van der Waals surface area contributed by atoms with Gasteiger partial charge in [0.05, 0.1) is 13.0 Å². The van der Waals surface area contributed by atoms with Crippen LogP contribution in [0.3, 0.4) is 0 Å². The first-order valence-electron chi connectivity index (χ1n) is 11.8. The smallest absolute Gasteiger partial charge is 0.274 e. The summed E-state index contributed by atoms with van der Waals surface area (Å²) in [4.78, 5) is 26.3. The number of hydrogen-bond donors (Lipinski definition) is 2. The Balaban J connectivity index is 1.38. The van der Waals surface area contributed by atoms with E-state index in [0.29, 0.717) is 31.6 Å². The molecule has 1 heterocycles. The first kappa shape index (κ1) is 23.3. The van der Waals surface area contributed by atoms with Gasteiger partial charge in [0.1, 0.15) is 5.75 Å². The maximum absolute atomic E-state index is 12.8. The average Bonchev–Trinajstić information content (AvgIpc) is 3.23. The number of benzene rings is 4. The highest BCUT2D eigenvalue weighted by Gasteiger charge is 2.27. The minimum absolute atomic E-state index is 0.0760. The number of rotatable bonds is 8. The molecule has 2 N–H and O–H groups in total. The van der Waals surface area contributed by atoms with Gasteiger partial charge >= 0.3 is 0 Å². The molecule has 6 heteroatoms. The number of ether oxygens (including phenoxy) is 1. The fraction of sp³-hybridized carbons (Fsp3) is 0.133. The zero-order valence-electron chi connectivity index (χ0n) is 19.7. The van der Waals surface area contributed by atoms with Crippen LogP contribution in [-0.4, -0.2) is 30.2 Å². The summed E-state index contributed by atoms with van der Waals surface area (Å²) in [5.41, 5.74) is 5.90. The van der Waals surface area contributed by atoms with E-state index >= 15 is 0 Å². The van der Waals surface area contributed by atoms with E-state index in [4.69, 9.17) is 9.94 Å². The summed E-state index contributed by atoms with van der Waals surface area (Å²) in [6, 6.07) is 28.9. The zero-order valence-corrected chi connectivity index (χ0v) is 19.7. The number of para-hydroxylation sites is 1. The van der Waals surface area contributed by atoms with Gasteiger partial charge in [-0.2, -0.15) is 0 Å². The highest BCUT2D eigenvalue weighted by molar-refractivity contribution is 6.01. The summed E-state index contributed by atoms with van der Waals surface area (Å²) in [6.45, 7) is 0.905.